The summed E-state index contributed by atoms with van der Waals surface area (Å²) in [4.78, 5) is 2.37. The Morgan fingerprint density at radius 2 is 2.00 bits per heavy atom. The van der Waals surface area contributed by atoms with Crippen molar-refractivity contribution in [2.45, 2.75) is 27.3 Å². The Bertz CT molecular complexity index is 333. The normalized spacial score (nSPS) is 13.4. The molecule has 2 N–H and O–H groups in total. The maximum absolute atomic E-state index is 5.81. The highest BCUT2D eigenvalue weighted by Gasteiger charge is 2.13. The van der Waals surface area contributed by atoms with E-state index in [1.807, 2.05) is 0 Å². The van der Waals surface area contributed by atoms with Gasteiger partial charge in [-0.1, -0.05) is 43.7 Å². The maximum Gasteiger partial charge on any atom is 0.0230 e. The van der Waals surface area contributed by atoms with E-state index in [9.17, 15) is 0 Å². The molecule has 17 heavy (non-hydrogen) atoms. The van der Waals surface area contributed by atoms with Crippen LogP contribution in [0.5, 0.6) is 0 Å². The van der Waals surface area contributed by atoms with Crippen LogP contribution < -0.4 is 5.73 Å². The summed E-state index contributed by atoms with van der Waals surface area (Å²) < 4.78 is 0. The van der Waals surface area contributed by atoms with Gasteiger partial charge in [0, 0.05) is 13.1 Å². The van der Waals surface area contributed by atoms with Crippen LogP contribution in [0.3, 0.4) is 0 Å². The lowest BCUT2D eigenvalue weighted by Crippen LogP contribution is -2.32. The fourth-order valence-electron chi connectivity index (χ4n) is 2.14. The van der Waals surface area contributed by atoms with Gasteiger partial charge in [0.1, 0.15) is 0 Å². The molecule has 0 amide bonds. The van der Waals surface area contributed by atoms with Crippen LogP contribution in [0.15, 0.2) is 24.3 Å². The third kappa shape index (κ3) is 4.88. The smallest absolute Gasteiger partial charge is 0.0230 e. The van der Waals surface area contributed by atoms with E-state index in [1.54, 1.807) is 0 Å². The monoisotopic (exact) mass is 234 g/mol. The zero-order valence-electron chi connectivity index (χ0n) is 11.6. The van der Waals surface area contributed by atoms with Gasteiger partial charge in [-0.05, 0) is 37.9 Å². The molecule has 1 atom stereocenters. The average Bonchev–Trinajstić information content (AvgIpc) is 2.25. The molecule has 0 saturated carbocycles. The van der Waals surface area contributed by atoms with Crippen molar-refractivity contribution in [2.75, 3.05) is 20.1 Å². The van der Waals surface area contributed by atoms with Crippen LogP contribution in [-0.2, 0) is 6.54 Å². The van der Waals surface area contributed by atoms with Crippen molar-refractivity contribution in [3.05, 3.63) is 35.4 Å². The van der Waals surface area contributed by atoms with E-state index < -0.39 is 0 Å². The molecular weight excluding hydrogens is 208 g/mol. The zero-order valence-corrected chi connectivity index (χ0v) is 11.6. The fourth-order valence-corrected chi connectivity index (χ4v) is 2.14. The highest BCUT2D eigenvalue weighted by Crippen LogP contribution is 2.13. The molecule has 0 aliphatic heterocycles. The van der Waals surface area contributed by atoms with Crippen molar-refractivity contribution >= 4 is 0 Å². The van der Waals surface area contributed by atoms with Gasteiger partial charge in [-0.25, -0.2) is 0 Å². The van der Waals surface area contributed by atoms with Crippen molar-refractivity contribution < 1.29 is 0 Å². The van der Waals surface area contributed by atoms with Crippen molar-refractivity contribution in [1.82, 2.24) is 4.90 Å². The molecule has 1 rings (SSSR count). The summed E-state index contributed by atoms with van der Waals surface area (Å²) in [5.41, 5.74) is 8.52. The van der Waals surface area contributed by atoms with Crippen LogP contribution >= 0.6 is 0 Å². The molecule has 0 saturated heterocycles. The molecule has 0 aliphatic rings. The first-order valence-electron chi connectivity index (χ1n) is 6.47. The van der Waals surface area contributed by atoms with Gasteiger partial charge in [-0.2, -0.15) is 0 Å². The minimum atomic E-state index is 0.588. The van der Waals surface area contributed by atoms with E-state index in [0.29, 0.717) is 11.8 Å². The molecule has 1 aromatic rings. The second kappa shape index (κ2) is 6.77. The van der Waals surface area contributed by atoms with Crippen molar-refractivity contribution in [3.8, 4) is 0 Å². The predicted octanol–water partition coefficient (Wildman–Crippen LogP) is 2.66. The van der Waals surface area contributed by atoms with Gasteiger partial charge in [-0.15, -0.1) is 0 Å². The minimum absolute atomic E-state index is 0.588. The number of nitrogens with two attached hydrogens (primary N) is 1. The largest absolute Gasteiger partial charge is 0.330 e. The summed E-state index contributed by atoms with van der Waals surface area (Å²) in [6, 6.07) is 8.71. The Balaban J connectivity index is 2.51. The minimum Gasteiger partial charge on any atom is -0.330 e. The van der Waals surface area contributed by atoms with E-state index in [1.165, 1.54) is 11.1 Å². The van der Waals surface area contributed by atoms with Gasteiger partial charge in [0.05, 0.1) is 0 Å². The average molecular weight is 234 g/mol. The van der Waals surface area contributed by atoms with Crippen LogP contribution in [0.4, 0.5) is 0 Å². The molecule has 96 valence electrons. The summed E-state index contributed by atoms with van der Waals surface area (Å²) in [7, 11) is 2.17. The Labute approximate surface area is 106 Å². The Morgan fingerprint density at radius 1 is 1.29 bits per heavy atom. The first kappa shape index (κ1) is 14.2. The van der Waals surface area contributed by atoms with Gasteiger partial charge >= 0.3 is 0 Å². The Kier molecular flexibility index (Phi) is 5.66. The second-order valence-electron chi connectivity index (χ2n) is 5.43. The van der Waals surface area contributed by atoms with Crippen molar-refractivity contribution in [1.29, 1.82) is 0 Å². The topological polar surface area (TPSA) is 29.3 Å². The van der Waals surface area contributed by atoms with Crippen LogP contribution in [0.2, 0.25) is 0 Å². The molecular formula is C15H26N2. The summed E-state index contributed by atoms with van der Waals surface area (Å²) >= 11 is 0. The first-order chi connectivity index (χ1) is 8.02. The summed E-state index contributed by atoms with van der Waals surface area (Å²) in [5, 5.41) is 0. The number of aryl methyl sites for hydroxylation is 1. The van der Waals surface area contributed by atoms with Crippen molar-refractivity contribution in [3.63, 3.8) is 0 Å². The third-order valence-electron chi connectivity index (χ3n) is 3.33. The zero-order chi connectivity index (χ0) is 12.8. The second-order valence-corrected chi connectivity index (χ2v) is 5.43. The quantitative estimate of drug-likeness (QED) is 0.820. The molecule has 0 bridgehead atoms. The first-order valence-corrected chi connectivity index (χ1v) is 6.47. The summed E-state index contributed by atoms with van der Waals surface area (Å²) in [5.74, 6) is 1.24. The third-order valence-corrected chi connectivity index (χ3v) is 3.33. The van der Waals surface area contributed by atoms with Gasteiger partial charge in [-0.3, -0.25) is 0 Å². The maximum atomic E-state index is 5.81. The van der Waals surface area contributed by atoms with Gasteiger partial charge in [0.15, 0.2) is 0 Å². The molecule has 2 heteroatoms. The number of rotatable bonds is 6. The molecule has 0 fully saturated rings. The summed E-state index contributed by atoms with van der Waals surface area (Å²) in [6.45, 7) is 9.49. The standard InChI is InChI=1S/C15H26N2/c1-12(2)15(9-16)11-17(4)10-14-7-5-6-13(3)8-14/h5-8,12,15H,9-11,16H2,1-4H3. The van der Waals surface area contributed by atoms with E-state index in [4.69, 9.17) is 5.73 Å². The van der Waals surface area contributed by atoms with E-state index in [0.717, 1.165) is 19.6 Å². The lowest BCUT2D eigenvalue weighted by Gasteiger charge is -2.25. The summed E-state index contributed by atoms with van der Waals surface area (Å²) in [6.07, 6.45) is 0. The lowest BCUT2D eigenvalue weighted by atomic mass is 9.95. The van der Waals surface area contributed by atoms with Crippen LogP contribution in [0, 0.1) is 18.8 Å². The SMILES string of the molecule is Cc1cccc(CN(C)CC(CN)C(C)C)c1. The number of benzene rings is 1. The molecule has 0 aliphatic carbocycles. The van der Waals surface area contributed by atoms with Gasteiger partial charge in [0.25, 0.3) is 0 Å². The molecule has 1 unspecified atom stereocenters. The van der Waals surface area contributed by atoms with Crippen molar-refractivity contribution in [2.24, 2.45) is 17.6 Å². The fraction of sp³-hybridized carbons (Fsp3) is 0.600. The molecule has 0 aromatic heterocycles. The van der Waals surface area contributed by atoms with E-state index >= 15 is 0 Å². The molecule has 0 radical (unpaired) electrons. The van der Waals surface area contributed by atoms with Crippen LogP contribution in [0.25, 0.3) is 0 Å². The highest BCUT2D eigenvalue weighted by molar-refractivity contribution is 5.21. The van der Waals surface area contributed by atoms with Gasteiger partial charge in [0.2, 0.25) is 0 Å². The van der Waals surface area contributed by atoms with Gasteiger partial charge < -0.3 is 10.6 Å². The Hall–Kier alpha value is -0.860. The molecule has 0 heterocycles. The molecule has 0 spiro atoms. The predicted molar refractivity (Wildman–Crippen MR) is 74.9 cm³/mol. The van der Waals surface area contributed by atoms with E-state index in [-0.39, 0.29) is 0 Å². The number of hydrogen-bond donors (Lipinski definition) is 1. The number of hydrogen-bond acceptors (Lipinski definition) is 2. The highest BCUT2D eigenvalue weighted by atomic mass is 15.1. The Morgan fingerprint density at radius 3 is 2.53 bits per heavy atom. The lowest BCUT2D eigenvalue weighted by molar-refractivity contribution is 0.234. The number of nitrogens with zero attached hydrogens (tertiary/aromatic N) is 1. The molecule has 2 nitrogen and oxygen atoms in total. The van der Waals surface area contributed by atoms with Crippen LogP contribution in [0.1, 0.15) is 25.0 Å². The molecule has 1 aromatic carbocycles. The van der Waals surface area contributed by atoms with Crippen LogP contribution in [-0.4, -0.2) is 25.0 Å². The van der Waals surface area contributed by atoms with E-state index in [2.05, 4.69) is 57.0 Å².